The van der Waals surface area contributed by atoms with Crippen LogP contribution in [0.5, 0.6) is 0 Å². The second-order valence-corrected chi connectivity index (χ2v) is 14.0. The van der Waals surface area contributed by atoms with Crippen LogP contribution in [-0.4, -0.2) is 70.1 Å². The van der Waals surface area contributed by atoms with Crippen molar-refractivity contribution in [3.05, 3.63) is 11.6 Å². The van der Waals surface area contributed by atoms with Crippen LogP contribution in [0.2, 0.25) is 0 Å². The average molecular weight is 623 g/mol. The first kappa shape index (κ1) is 37.5. The van der Waals surface area contributed by atoms with Crippen molar-refractivity contribution in [1.82, 2.24) is 0 Å². The second kappa shape index (κ2) is 21.7. The molecule has 0 aromatic rings. The molecule has 7 heteroatoms. The Morgan fingerprint density at radius 1 is 0.659 bits per heavy atom. The van der Waals surface area contributed by atoms with Crippen molar-refractivity contribution < 1.29 is 34.3 Å². The minimum absolute atomic E-state index is 0.0519. The molecule has 0 aromatic heterocycles. The van der Waals surface area contributed by atoms with Crippen LogP contribution in [0, 0.1) is 0 Å². The van der Waals surface area contributed by atoms with Gasteiger partial charge in [-0.05, 0) is 57.9 Å². The van der Waals surface area contributed by atoms with Crippen LogP contribution in [0.15, 0.2) is 11.6 Å². The Bertz CT molecular complexity index is 801. The van der Waals surface area contributed by atoms with Crippen molar-refractivity contribution in [3.63, 3.8) is 0 Å². The van der Waals surface area contributed by atoms with Crippen molar-refractivity contribution in [2.24, 2.45) is 0 Å². The Hall–Kier alpha value is -0.990. The van der Waals surface area contributed by atoms with Gasteiger partial charge in [-0.15, -0.1) is 0 Å². The number of esters is 1. The third-order valence-electron chi connectivity index (χ3n) is 10.0. The largest absolute Gasteiger partial charge is 0.455 e. The molecule has 8 atom stereocenters. The lowest BCUT2D eigenvalue weighted by atomic mass is 10.00. The summed E-state index contributed by atoms with van der Waals surface area (Å²) >= 11 is 0. The normalized spacial score (nSPS) is 27.4. The summed E-state index contributed by atoms with van der Waals surface area (Å²) in [7, 11) is 0. The van der Waals surface area contributed by atoms with Gasteiger partial charge in [-0.2, -0.15) is 0 Å². The van der Waals surface area contributed by atoms with Crippen molar-refractivity contribution in [2.75, 3.05) is 0 Å². The van der Waals surface area contributed by atoms with E-state index in [4.69, 9.17) is 14.2 Å². The summed E-state index contributed by atoms with van der Waals surface area (Å²) < 4.78 is 17.7. The summed E-state index contributed by atoms with van der Waals surface area (Å²) in [6.07, 6.45) is 26.1. The molecule has 0 unspecified atom stereocenters. The molecule has 0 amide bonds. The maximum absolute atomic E-state index is 11.7. The number of hydrogen-bond acceptors (Lipinski definition) is 7. The molecule has 3 heterocycles. The Morgan fingerprint density at radius 3 is 1.52 bits per heavy atom. The molecule has 44 heavy (non-hydrogen) atoms. The van der Waals surface area contributed by atoms with E-state index in [2.05, 4.69) is 6.92 Å². The summed E-state index contributed by atoms with van der Waals surface area (Å²) in [5.41, 5.74) is 0.617. The molecule has 3 N–H and O–H groups in total. The van der Waals surface area contributed by atoms with Gasteiger partial charge in [0.2, 0.25) is 0 Å². The average Bonchev–Trinajstić information content (AvgIpc) is 3.75. The van der Waals surface area contributed by atoms with E-state index < -0.39 is 12.2 Å². The summed E-state index contributed by atoms with van der Waals surface area (Å²) in [4.78, 5) is 11.7. The van der Waals surface area contributed by atoms with Gasteiger partial charge >= 0.3 is 5.97 Å². The maximum Gasteiger partial charge on any atom is 0.334 e. The Labute approximate surface area is 268 Å². The zero-order valence-corrected chi connectivity index (χ0v) is 28.1. The molecule has 256 valence electrons. The van der Waals surface area contributed by atoms with E-state index in [-0.39, 0.29) is 42.6 Å². The molecule has 0 bridgehead atoms. The molecular weight excluding hydrogens is 556 g/mol. The molecular formula is C37H66O7. The summed E-state index contributed by atoms with van der Waals surface area (Å²) in [5, 5.41) is 31.6. The van der Waals surface area contributed by atoms with Gasteiger partial charge in [0.05, 0.1) is 42.7 Å². The molecule has 0 spiro atoms. The molecule has 2 fully saturated rings. The van der Waals surface area contributed by atoms with Gasteiger partial charge in [0.15, 0.2) is 0 Å². The summed E-state index contributed by atoms with van der Waals surface area (Å²) in [6.45, 7) is 4.09. The quantitative estimate of drug-likeness (QED) is 0.0703. The molecule has 2 saturated heterocycles. The Morgan fingerprint density at radius 2 is 1.09 bits per heavy atom. The summed E-state index contributed by atoms with van der Waals surface area (Å²) in [6, 6.07) is 0. The van der Waals surface area contributed by atoms with Gasteiger partial charge in [-0.25, -0.2) is 4.79 Å². The molecule has 0 aliphatic carbocycles. The lowest BCUT2D eigenvalue weighted by molar-refractivity contribution is -0.139. The lowest BCUT2D eigenvalue weighted by Crippen LogP contribution is -2.33. The third-order valence-corrected chi connectivity index (χ3v) is 10.0. The number of unbranched alkanes of at least 4 members (excludes halogenated alkanes) is 14. The number of ether oxygens (including phenoxy) is 3. The fourth-order valence-corrected chi connectivity index (χ4v) is 7.28. The van der Waals surface area contributed by atoms with E-state index in [1.54, 1.807) is 0 Å². The van der Waals surface area contributed by atoms with E-state index in [1.165, 1.54) is 70.6 Å². The monoisotopic (exact) mass is 622 g/mol. The number of carbonyl (C=O) groups excluding carboxylic acids is 1. The highest BCUT2D eigenvalue weighted by molar-refractivity contribution is 5.90. The molecule has 7 nitrogen and oxygen atoms in total. The van der Waals surface area contributed by atoms with Gasteiger partial charge in [-0.3, -0.25) is 0 Å². The van der Waals surface area contributed by atoms with Gasteiger partial charge in [0.1, 0.15) is 6.10 Å². The van der Waals surface area contributed by atoms with Crippen LogP contribution in [0.4, 0.5) is 0 Å². The maximum atomic E-state index is 11.7. The van der Waals surface area contributed by atoms with Crippen LogP contribution in [0.25, 0.3) is 0 Å². The highest BCUT2D eigenvalue weighted by Crippen LogP contribution is 2.34. The number of aliphatic hydroxyl groups is 3. The Balaban J connectivity index is 1.13. The van der Waals surface area contributed by atoms with Crippen molar-refractivity contribution in [2.45, 2.75) is 217 Å². The fraction of sp³-hybridized carbons (Fsp3) is 0.919. The van der Waals surface area contributed by atoms with E-state index in [0.29, 0.717) is 12.0 Å². The van der Waals surface area contributed by atoms with Gasteiger partial charge < -0.3 is 29.5 Å². The number of rotatable bonds is 25. The molecule has 3 aliphatic heterocycles. The number of hydrogen-bond donors (Lipinski definition) is 3. The molecule has 0 aromatic carbocycles. The highest BCUT2D eigenvalue weighted by atomic mass is 16.6. The zero-order valence-electron chi connectivity index (χ0n) is 28.1. The standard InChI is InChI=1S/C37H66O7/c1-3-4-5-6-7-11-14-17-20-31(39)33-22-24-35(43-33)36-25-23-34(44-36)32(40)21-18-15-12-9-8-10-13-16-19-30(38)27-29-26-28(2)42-37(29)41/h26,28,30-36,38-40H,3-25,27H2,1-2H3/t28-,30+,31+,32-,33+,34+,35+,36+/m1/s1. The minimum atomic E-state index is -0.463. The van der Waals surface area contributed by atoms with E-state index in [0.717, 1.165) is 77.0 Å². The SMILES string of the molecule is CCCCCCCCCC[C@H](O)[C@@H]1CC[C@@H]([C@@H]2CC[C@@H]([C@H](O)CCCCCCCCCC[C@H](O)CC3=C[C@@H](C)OC3=O)O2)O1. The third kappa shape index (κ3) is 14.2. The van der Waals surface area contributed by atoms with Crippen LogP contribution in [-0.2, 0) is 19.0 Å². The predicted molar refractivity (Wildman–Crippen MR) is 175 cm³/mol. The number of aliphatic hydroxyl groups excluding tert-OH is 3. The van der Waals surface area contributed by atoms with E-state index >= 15 is 0 Å². The first-order valence-corrected chi connectivity index (χ1v) is 18.6. The second-order valence-electron chi connectivity index (χ2n) is 14.0. The van der Waals surface area contributed by atoms with Gasteiger partial charge in [0, 0.05) is 12.0 Å². The zero-order chi connectivity index (χ0) is 31.6. The van der Waals surface area contributed by atoms with Gasteiger partial charge in [-0.1, -0.05) is 110 Å². The van der Waals surface area contributed by atoms with Crippen molar-refractivity contribution in [3.8, 4) is 0 Å². The fourth-order valence-electron chi connectivity index (χ4n) is 7.28. The van der Waals surface area contributed by atoms with Crippen LogP contribution < -0.4 is 0 Å². The minimum Gasteiger partial charge on any atom is -0.455 e. The molecule has 0 radical (unpaired) electrons. The van der Waals surface area contributed by atoms with Crippen molar-refractivity contribution >= 4 is 5.97 Å². The lowest BCUT2D eigenvalue weighted by Gasteiger charge is -2.24. The van der Waals surface area contributed by atoms with Crippen LogP contribution in [0.1, 0.15) is 168 Å². The number of cyclic esters (lactones) is 1. The van der Waals surface area contributed by atoms with Gasteiger partial charge in [0.25, 0.3) is 0 Å². The van der Waals surface area contributed by atoms with Crippen molar-refractivity contribution in [1.29, 1.82) is 0 Å². The highest BCUT2D eigenvalue weighted by Gasteiger charge is 2.40. The predicted octanol–water partition coefficient (Wildman–Crippen LogP) is 7.86. The first-order valence-electron chi connectivity index (χ1n) is 18.6. The molecule has 3 rings (SSSR count). The smallest absolute Gasteiger partial charge is 0.334 e. The molecule has 0 saturated carbocycles. The molecule has 3 aliphatic rings. The van der Waals surface area contributed by atoms with Crippen LogP contribution in [0.3, 0.4) is 0 Å². The van der Waals surface area contributed by atoms with E-state index in [9.17, 15) is 20.1 Å². The van der Waals surface area contributed by atoms with E-state index in [1.807, 2.05) is 13.0 Å². The Kier molecular flexibility index (Phi) is 18.5. The van der Waals surface area contributed by atoms with Crippen LogP contribution >= 0.6 is 0 Å². The first-order chi connectivity index (χ1) is 21.4. The topological polar surface area (TPSA) is 105 Å². The number of carbonyl (C=O) groups is 1. The summed E-state index contributed by atoms with van der Waals surface area (Å²) in [5.74, 6) is -0.281.